The number of aliphatic hydroxyl groups is 1. The van der Waals surface area contributed by atoms with Gasteiger partial charge in [-0.2, -0.15) is 0 Å². The summed E-state index contributed by atoms with van der Waals surface area (Å²) < 4.78 is 11.0. The molecule has 0 saturated carbocycles. The lowest BCUT2D eigenvalue weighted by Crippen LogP contribution is -2.24. The lowest BCUT2D eigenvalue weighted by atomic mass is 10.2. The van der Waals surface area contributed by atoms with Crippen LogP contribution in [0.4, 0.5) is 0 Å². The Labute approximate surface area is 113 Å². The highest BCUT2D eigenvalue weighted by Gasteiger charge is 2.13. The van der Waals surface area contributed by atoms with Gasteiger partial charge in [0.15, 0.2) is 0 Å². The highest BCUT2D eigenvalue weighted by atomic mass is 79.9. The zero-order valence-corrected chi connectivity index (χ0v) is 11.5. The van der Waals surface area contributed by atoms with Gasteiger partial charge in [0.1, 0.15) is 24.0 Å². The Morgan fingerprint density at radius 3 is 2.78 bits per heavy atom. The van der Waals surface area contributed by atoms with Crippen LogP contribution >= 0.6 is 15.9 Å². The Hall–Kier alpha value is -1.11. The minimum Gasteiger partial charge on any atom is -0.490 e. The molecule has 1 unspecified atom stereocenters. The summed E-state index contributed by atoms with van der Waals surface area (Å²) in [5.41, 5.74) is 0.0572. The van der Waals surface area contributed by atoms with E-state index in [1.165, 1.54) is 6.07 Å². The Kier molecular flexibility index (Phi) is 6.11. The molecule has 0 aromatic heterocycles. The summed E-state index contributed by atoms with van der Waals surface area (Å²) in [5, 5.41) is 18.5. The van der Waals surface area contributed by atoms with E-state index in [0.717, 1.165) is 0 Å². The number of ether oxygens (including phenoxy) is 2. The molecule has 2 N–H and O–H groups in total. The number of hydrogen-bond acceptors (Lipinski definition) is 4. The fraction of sp³-hybridized carbons (Fsp3) is 0.417. The second kappa shape index (κ2) is 7.35. The van der Waals surface area contributed by atoms with Gasteiger partial charge >= 0.3 is 5.97 Å². The number of rotatable bonds is 7. The van der Waals surface area contributed by atoms with Crippen molar-refractivity contribution in [1.29, 1.82) is 0 Å². The molecule has 0 aliphatic rings. The summed E-state index contributed by atoms with van der Waals surface area (Å²) in [6, 6.07) is 4.61. The Bertz CT molecular complexity index is 407. The second-order valence-corrected chi connectivity index (χ2v) is 4.49. The van der Waals surface area contributed by atoms with E-state index in [0.29, 0.717) is 11.1 Å². The summed E-state index contributed by atoms with van der Waals surface area (Å²) in [4.78, 5) is 11.0. The summed E-state index contributed by atoms with van der Waals surface area (Å²) in [7, 11) is 0. The van der Waals surface area contributed by atoms with Gasteiger partial charge in [-0.05, 0) is 25.1 Å². The van der Waals surface area contributed by atoms with Crippen molar-refractivity contribution in [3.8, 4) is 5.75 Å². The molecule has 5 nitrogen and oxygen atoms in total. The van der Waals surface area contributed by atoms with Gasteiger partial charge in [-0.3, -0.25) is 0 Å². The summed E-state index contributed by atoms with van der Waals surface area (Å²) in [6.45, 7) is 2.47. The van der Waals surface area contributed by atoms with Crippen molar-refractivity contribution < 1.29 is 24.5 Å². The molecular weight excluding hydrogens is 304 g/mol. The van der Waals surface area contributed by atoms with Gasteiger partial charge in [0, 0.05) is 11.1 Å². The SMILES string of the molecule is CCOCC(O)COc1cc(Br)ccc1C(=O)O. The van der Waals surface area contributed by atoms with Gasteiger partial charge in [-0.25, -0.2) is 4.79 Å². The van der Waals surface area contributed by atoms with E-state index in [4.69, 9.17) is 14.6 Å². The summed E-state index contributed by atoms with van der Waals surface area (Å²) in [6.07, 6.45) is -0.787. The first-order valence-corrected chi connectivity index (χ1v) is 6.25. The first kappa shape index (κ1) is 14.9. The van der Waals surface area contributed by atoms with Crippen LogP contribution in [0.2, 0.25) is 0 Å². The molecule has 6 heteroatoms. The molecule has 100 valence electrons. The molecule has 18 heavy (non-hydrogen) atoms. The Balaban J connectivity index is 2.65. The minimum atomic E-state index is -1.07. The Morgan fingerprint density at radius 2 is 2.17 bits per heavy atom. The van der Waals surface area contributed by atoms with Crippen LogP contribution in [-0.4, -0.2) is 42.1 Å². The topological polar surface area (TPSA) is 76.0 Å². The van der Waals surface area contributed by atoms with E-state index in [-0.39, 0.29) is 24.5 Å². The van der Waals surface area contributed by atoms with Gasteiger partial charge in [0.25, 0.3) is 0 Å². The highest BCUT2D eigenvalue weighted by Crippen LogP contribution is 2.24. The van der Waals surface area contributed by atoms with Crippen molar-refractivity contribution in [2.24, 2.45) is 0 Å². The van der Waals surface area contributed by atoms with E-state index in [9.17, 15) is 9.90 Å². The smallest absolute Gasteiger partial charge is 0.339 e. The molecule has 0 bridgehead atoms. The molecule has 1 aromatic carbocycles. The van der Waals surface area contributed by atoms with Crippen molar-refractivity contribution in [3.63, 3.8) is 0 Å². The molecule has 1 atom stereocenters. The first-order valence-electron chi connectivity index (χ1n) is 5.46. The summed E-state index contributed by atoms with van der Waals surface area (Å²) >= 11 is 3.23. The van der Waals surface area contributed by atoms with Crippen LogP contribution in [0.25, 0.3) is 0 Å². The van der Waals surface area contributed by atoms with Crippen LogP contribution in [0.5, 0.6) is 5.75 Å². The van der Waals surface area contributed by atoms with Crippen molar-refractivity contribution in [1.82, 2.24) is 0 Å². The zero-order chi connectivity index (χ0) is 13.5. The van der Waals surface area contributed by atoms with Crippen LogP contribution in [0.3, 0.4) is 0 Å². The molecule has 0 aliphatic heterocycles. The number of benzene rings is 1. The molecule has 0 aliphatic carbocycles. The standard InChI is InChI=1S/C12H15BrO5/c1-2-17-6-9(14)7-18-11-5-8(13)3-4-10(11)12(15)16/h3-5,9,14H,2,6-7H2,1H3,(H,15,16). The molecule has 1 aromatic rings. The van der Waals surface area contributed by atoms with Crippen molar-refractivity contribution in [3.05, 3.63) is 28.2 Å². The van der Waals surface area contributed by atoms with E-state index < -0.39 is 12.1 Å². The van der Waals surface area contributed by atoms with E-state index >= 15 is 0 Å². The highest BCUT2D eigenvalue weighted by molar-refractivity contribution is 9.10. The number of halogens is 1. The molecule has 0 saturated heterocycles. The molecule has 1 rings (SSSR count). The fourth-order valence-corrected chi connectivity index (χ4v) is 1.62. The zero-order valence-electron chi connectivity index (χ0n) is 9.93. The van der Waals surface area contributed by atoms with Gasteiger partial charge in [-0.1, -0.05) is 15.9 Å². The maximum Gasteiger partial charge on any atom is 0.339 e. The van der Waals surface area contributed by atoms with Crippen LogP contribution in [0, 0.1) is 0 Å². The average Bonchev–Trinajstić information content (AvgIpc) is 2.33. The van der Waals surface area contributed by atoms with Crippen LogP contribution in [0.1, 0.15) is 17.3 Å². The first-order chi connectivity index (χ1) is 8.54. The average molecular weight is 319 g/mol. The van der Waals surface area contributed by atoms with Gasteiger partial charge in [-0.15, -0.1) is 0 Å². The number of hydrogen-bond donors (Lipinski definition) is 2. The number of carboxylic acid groups (broad SMARTS) is 1. The maximum absolute atomic E-state index is 11.0. The molecular formula is C12H15BrO5. The number of carbonyl (C=O) groups is 1. The van der Waals surface area contributed by atoms with Crippen LogP contribution in [0.15, 0.2) is 22.7 Å². The minimum absolute atomic E-state index is 0.0171. The molecule has 0 radical (unpaired) electrons. The number of aliphatic hydroxyl groups excluding tert-OH is 1. The van der Waals surface area contributed by atoms with E-state index in [1.807, 2.05) is 6.92 Å². The van der Waals surface area contributed by atoms with Gasteiger partial charge in [0.05, 0.1) is 6.61 Å². The molecule has 0 spiro atoms. The Morgan fingerprint density at radius 1 is 1.44 bits per heavy atom. The third-order valence-corrected chi connectivity index (χ3v) is 2.61. The van der Waals surface area contributed by atoms with Gasteiger partial charge < -0.3 is 19.7 Å². The third-order valence-electron chi connectivity index (χ3n) is 2.12. The number of aromatic carboxylic acids is 1. The van der Waals surface area contributed by atoms with Crippen molar-refractivity contribution >= 4 is 21.9 Å². The molecule has 0 amide bonds. The van der Waals surface area contributed by atoms with Crippen molar-refractivity contribution in [2.75, 3.05) is 19.8 Å². The predicted molar refractivity (Wildman–Crippen MR) is 69.1 cm³/mol. The third kappa shape index (κ3) is 4.64. The lowest BCUT2D eigenvalue weighted by Gasteiger charge is -2.13. The quantitative estimate of drug-likeness (QED) is 0.803. The van der Waals surface area contributed by atoms with Crippen molar-refractivity contribution in [2.45, 2.75) is 13.0 Å². The second-order valence-electron chi connectivity index (χ2n) is 3.57. The van der Waals surface area contributed by atoms with Crippen LogP contribution in [-0.2, 0) is 4.74 Å². The predicted octanol–water partition coefficient (Wildman–Crippen LogP) is 1.92. The summed E-state index contributed by atoms with van der Waals surface area (Å²) in [5.74, 6) is -0.857. The fourth-order valence-electron chi connectivity index (χ4n) is 1.28. The monoisotopic (exact) mass is 318 g/mol. The molecule has 0 fully saturated rings. The van der Waals surface area contributed by atoms with E-state index in [1.54, 1.807) is 12.1 Å². The maximum atomic E-state index is 11.0. The normalized spacial score (nSPS) is 12.2. The van der Waals surface area contributed by atoms with Crippen LogP contribution < -0.4 is 4.74 Å². The van der Waals surface area contributed by atoms with Gasteiger partial charge in [0.2, 0.25) is 0 Å². The lowest BCUT2D eigenvalue weighted by molar-refractivity contribution is 0.0160. The van der Waals surface area contributed by atoms with E-state index in [2.05, 4.69) is 15.9 Å². The largest absolute Gasteiger partial charge is 0.490 e. The molecule has 0 heterocycles. The number of carboxylic acids is 1.